The predicted octanol–water partition coefficient (Wildman–Crippen LogP) is 4.57. The lowest BCUT2D eigenvalue weighted by atomic mass is 10.1. The number of thiophene rings is 1. The van der Waals surface area contributed by atoms with E-state index in [0.717, 1.165) is 29.6 Å². The van der Waals surface area contributed by atoms with Gasteiger partial charge < -0.3 is 10.6 Å². The van der Waals surface area contributed by atoms with Crippen LogP contribution in [0.15, 0.2) is 16.8 Å². The van der Waals surface area contributed by atoms with Gasteiger partial charge >= 0.3 is 0 Å². The highest BCUT2D eigenvalue weighted by atomic mass is 32.1. The van der Waals surface area contributed by atoms with Gasteiger partial charge in [0.25, 0.3) is 0 Å². The molecule has 0 spiro atoms. The minimum Gasteiger partial charge on any atom is -0.370 e. The van der Waals surface area contributed by atoms with E-state index < -0.39 is 0 Å². The van der Waals surface area contributed by atoms with Gasteiger partial charge in [0.15, 0.2) is 0 Å². The second-order valence-electron chi connectivity index (χ2n) is 5.51. The van der Waals surface area contributed by atoms with Gasteiger partial charge in [0, 0.05) is 18.0 Å². The molecule has 0 aromatic carbocycles. The standard InChI is InChI=1S/C16H24N4S/c1-6-17-15-11(4)16(20-14(19-15)10(2)3)18-12(5)13-7-8-21-9-13/h7-10,12H,6H2,1-5H3,(H2,17,18,19,20). The summed E-state index contributed by atoms with van der Waals surface area (Å²) in [6, 6.07) is 2.38. The molecule has 5 heteroatoms. The van der Waals surface area contributed by atoms with E-state index in [1.807, 2.05) is 0 Å². The van der Waals surface area contributed by atoms with Gasteiger partial charge in [0.2, 0.25) is 0 Å². The first-order valence-electron chi connectivity index (χ1n) is 7.44. The van der Waals surface area contributed by atoms with Crippen LogP contribution in [0.4, 0.5) is 11.6 Å². The molecule has 2 rings (SSSR count). The minimum atomic E-state index is 0.235. The number of nitrogens with one attached hydrogen (secondary N) is 2. The number of aromatic nitrogens is 2. The predicted molar refractivity (Wildman–Crippen MR) is 91.4 cm³/mol. The van der Waals surface area contributed by atoms with E-state index in [2.05, 4.69) is 67.1 Å². The lowest BCUT2D eigenvalue weighted by Crippen LogP contribution is -2.14. The first-order chi connectivity index (χ1) is 10.0. The lowest BCUT2D eigenvalue weighted by Gasteiger charge is -2.19. The topological polar surface area (TPSA) is 49.8 Å². The number of rotatable bonds is 6. The molecule has 0 aliphatic carbocycles. The summed E-state index contributed by atoms with van der Waals surface area (Å²) >= 11 is 1.72. The number of hydrogen-bond acceptors (Lipinski definition) is 5. The maximum atomic E-state index is 4.71. The lowest BCUT2D eigenvalue weighted by molar-refractivity contribution is 0.766. The van der Waals surface area contributed by atoms with Gasteiger partial charge in [-0.15, -0.1) is 0 Å². The van der Waals surface area contributed by atoms with Crippen molar-refractivity contribution in [2.24, 2.45) is 0 Å². The van der Waals surface area contributed by atoms with Crippen LogP contribution >= 0.6 is 11.3 Å². The second-order valence-corrected chi connectivity index (χ2v) is 6.29. The van der Waals surface area contributed by atoms with Crippen molar-refractivity contribution in [1.29, 1.82) is 0 Å². The third-order valence-electron chi connectivity index (χ3n) is 3.42. The highest BCUT2D eigenvalue weighted by molar-refractivity contribution is 7.07. The largest absolute Gasteiger partial charge is 0.370 e. The summed E-state index contributed by atoms with van der Waals surface area (Å²) < 4.78 is 0. The number of hydrogen-bond donors (Lipinski definition) is 2. The fraction of sp³-hybridized carbons (Fsp3) is 0.500. The average Bonchev–Trinajstić information content (AvgIpc) is 2.97. The Hall–Kier alpha value is -1.62. The summed E-state index contributed by atoms with van der Waals surface area (Å²) in [4.78, 5) is 9.34. The van der Waals surface area contributed by atoms with E-state index in [0.29, 0.717) is 5.92 Å². The molecule has 0 radical (unpaired) electrons. The molecule has 0 amide bonds. The molecule has 4 nitrogen and oxygen atoms in total. The highest BCUT2D eigenvalue weighted by Gasteiger charge is 2.15. The van der Waals surface area contributed by atoms with Gasteiger partial charge in [0.05, 0.1) is 6.04 Å². The molecule has 21 heavy (non-hydrogen) atoms. The molecule has 0 bridgehead atoms. The Morgan fingerprint density at radius 1 is 1.19 bits per heavy atom. The quantitative estimate of drug-likeness (QED) is 0.820. The van der Waals surface area contributed by atoms with Gasteiger partial charge in [0.1, 0.15) is 17.5 Å². The Labute approximate surface area is 131 Å². The van der Waals surface area contributed by atoms with Crippen molar-refractivity contribution < 1.29 is 0 Å². The summed E-state index contributed by atoms with van der Waals surface area (Å²) in [5.74, 6) is 3.02. The smallest absolute Gasteiger partial charge is 0.135 e. The third-order valence-corrected chi connectivity index (χ3v) is 4.12. The van der Waals surface area contributed by atoms with Crippen molar-refractivity contribution >= 4 is 23.0 Å². The third kappa shape index (κ3) is 3.73. The molecular weight excluding hydrogens is 280 g/mol. The van der Waals surface area contributed by atoms with Gasteiger partial charge in [-0.05, 0) is 43.2 Å². The van der Waals surface area contributed by atoms with Crippen LogP contribution in [0.3, 0.4) is 0 Å². The van der Waals surface area contributed by atoms with Crippen molar-refractivity contribution in [1.82, 2.24) is 9.97 Å². The molecule has 2 N–H and O–H groups in total. The molecule has 1 atom stereocenters. The molecular formula is C16H24N4S. The van der Waals surface area contributed by atoms with E-state index in [9.17, 15) is 0 Å². The molecule has 1 unspecified atom stereocenters. The number of nitrogens with zero attached hydrogens (tertiary/aromatic N) is 2. The van der Waals surface area contributed by atoms with E-state index in [-0.39, 0.29) is 6.04 Å². The molecule has 0 aliphatic rings. The minimum absolute atomic E-state index is 0.235. The molecule has 114 valence electrons. The Kier molecular flexibility index (Phi) is 5.17. The summed E-state index contributed by atoms with van der Waals surface area (Å²) in [6.45, 7) is 11.4. The zero-order valence-corrected chi connectivity index (χ0v) is 14.2. The van der Waals surface area contributed by atoms with E-state index in [4.69, 9.17) is 4.98 Å². The second kappa shape index (κ2) is 6.89. The Balaban J connectivity index is 2.32. The molecule has 2 aromatic heterocycles. The van der Waals surface area contributed by atoms with Crippen LogP contribution < -0.4 is 10.6 Å². The van der Waals surface area contributed by atoms with Crippen molar-refractivity contribution in [3.8, 4) is 0 Å². The number of anilines is 2. The van der Waals surface area contributed by atoms with Crippen LogP contribution in [0.5, 0.6) is 0 Å². The molecule has 0 saturated carbocycles. The van der Waals surface area contributed by atoms with Crippen LogP contribution in [0.1, 0.15) is 56.6 Å². The maximum absolute atomic E-state index is 4.71. The van der Waals surface area contributed by atoms with Crippen LogP contribution in [0.25, 0.3) is 0 Å². The van der Waals surface area contributed by atoms with Crippen LogP contribution in [0, 0.1) is 6.92 Å². The monoisotopic (exact) mass is 304 g/mol. The van der Waals surface area contributed by atoms with Crippen molar-refractivity contribution in [3.05, 3.63) is 33.8 Å². The SMILES string of the molecule is CCNc1nc(C(C)C)nc(NC(C)c2ccsc2)c1C. The van der Waals surface area contributed by atoms with Crippen molar-refractivity contribution in [3.63, 3.8) is 0 Å². The van der Waals surface area contributed by atoms with Gasteiger partial charge in [-0.1, -0.05) is 13.8 Å². The van der Waals surface area contributed by atoms with Crippen LogP contribution in [-0.4, -0.2) is 16.5 Å². The van der Waals surface area contributed by atoms with Gasteiger partial charge in [-0.25, -0.2) is 9.97 Å². The van der Waals surface area contributed by atoms with E-state index in [1.54, 1.807) is 11.3 Å². The van der Waals surface area contributed by atoms with E-state index in [1.165, 1.54) is 5.56 Å². The average molecular weight is 304 g/mol. The molecule has 2 heterocycles. The zero-order chi connectivity index (χ0) is 15.4. The summed E-state index contributed by atoms with van der Waals surface area (Å²) in [7, 11) is 0. The molecule has 0 saturated heterocycles. The van der Waals surface area contributed by atoms with Crippen molar-refractivity contribution in [2.75, 3.05) is 17.2 Å². The summed E-state index contributed by atoms with van der Waals surface area (Å²) in [5.41, 5.74) is 2.36. The summed E-state index contributed by atoms with van der Waals surface area (Å²) in [6.07, 6.45) is 0. The zero-order valence-electron chi connectivity index (χ0n) is 13.4. The van der Waals surface area contributed by atoms with Crippen LogP contribution in [0.2, 0.25) is 0 Å². The normalized spacial score (nSPS) is 12.5. The highest BCUT2D eigenvalue weighted by Crippen LogP contribution is 2.27. The van der Waals surface area contributed by atoms with E-state index >= 15 is 0 Å². The van der Waals surface area contributed by atoms with Gasteiger partial charge in [-0.3, -0.25) is 0 Å². The molecule has 2 aromatic rings. The Morgan fingerprint density at radius 3 is 2.48 bits per heavy atom. The first-order valence-corrected chi connectivity index (χ1v) is 8.38. The fourth-order valence-corrected chi connectivity index (χ4v) is 2.84. The maximum Gasteiger partial charge on any atom is 0.135 e. The van der Waals surface area contributed by atoms with Gasteiger partial charge in [-0.2, -0.15) is 11.3 Å². The molecule has 0 aliphatic heterocycles. The first kappa shape index (κ1) is 15.8. The van der Waals surface area contributed by atoms with Crippen LogP contribution in [-0.2, 0) is 0 Å². The Bertz CT molecular complexity index is 578. The molecule has 0 fully saturated rings. The van der Waals surface area contributed by atoms with Crippen molar-refractivity contribution in [2.45, 2.75) is 46.6 Å². The summed E-state index contributed by atoms with van der Waals surface area (Å²) in [5, 5.41) is 11.1. The Morgan fingerprint density at radius 2 is 1.90 bits per heavy atom. The fourth-order valence-electron chi connectivity index (χ4n) is 2.08.